The summed E-state index contributed by atoms with van der Waals surface area (Å²) in [5, 5.41) is 3.05. The Kier molecular flexibility index (Phi) is 5.55. The van der Waals surface area contributed by atoms with E-state index in [9.17, 15) is 9.59 Å². The van der Waals surface area contributed by atoms with Crippen LogP contribution in [0, 0.1) is 5.92 Å². The van der Waals surface area contributed by atoms with Crippen LogP contribution in [0.25, 0.3) is 0 Å². The molecule has 22 heavy (non-hydrogen) atoms. The van der Waals surface area contributed by atoms with E-state index < -0.39 is 0 Å². The Morgan fingerprint density at radius 3 is 2.32 bits per heavy atom. The van der Waals surface area contributed by atoms with Crippen molar-refractivity contribution in [3.05, 3.63) is 35.4 Å². The first kappa shape index (κ1) is 16.5. The second-order valence-electron chi connectivity index (χ2n) is 6.13. The molecule has 0 atom stereocenters. The molecule has 0 radical (unpaired) electrons. The van der Waals surface area contributed by atoms with Gasteiger partial charge in [0.1, 0.15) is 0 Å². The highest BCUT2D eigenvalue weighted by Crippen LogP contribution is 2.14. The lowest BCUT2D eigenvalue weighted by Crippen LogP contribution is -2.47. The third-order valence-electron chi connectivity index (χ3n) is 4.09. The third kappa shape index (κ3) is 4.07. The lowest BCUT2D eigenvalue weighted by atomic mass is 10.0. The van der Waals surface area contributed by atoms with Crippen molar-refractivity contribution in [2.24, 2.45) is 11.7 Å². The number of nitrogens with zero attached hydrogens (tertiary/aromatic N) is 1. The van der Waals surface area contributed by atoms with Crippen molar-refractivity contribution in [1.29, 1.82) is 0 Å². The number of hydrogen-bond donors (Lipinski definition) is 2. The number of likely N-dealkylation sites (tertiary alicyclic amines) is 1. The number of nitrogens with one attached hydrogen (secondary N) is 1. The highest BCUT2D eigenvalue weighted by Gasteiger charge is 2.25. The van der Waals surface area contributed by atoms with Gasteiger partial charge >= 0.3 is 0 Å². The van der Waals surface area contributed by atoms with Gasteiger partial charge in [-0.2, -0.15) is 0 Å². The van der Waals surface area contributed by atoms with Crippen LogP contribution >= 0.6 is 0 Å². The van der Waals surface area contributed by atoms with Gasteiger partial charge in [-0.15, -0.1) is 0 Å². The summed E-state index contributed by atoms with van der Waals surface area (Å²) in [5.41, 5.74) is 7.21. The van der Waals surface area contributed by atoms with E-state index in [-0.39, 0.29) is 23.8 Å². The molecule has 120 valence electrons. The lowest BCUT2D eigenvalue weighted by Gasteiger charge is -2.33. The van der Waals surface area contributed by atoms with Gasteiger partial charge in [0.15, 0.2) is 0 Å². The molecule has 1 aromatic rings. The highest BCUT2D eigenvalue weighted by atomic mass is 16.2. The summed E-state index contributed by atoms with van der Waals surface area (Å²) in [6.07, 6.45) is 1.62. The topological polar surface area (TPSA) is 75.4 Å². The van der Waals surface area contributed by atoms with Gasteiger partial charge in [0.25, 0.3) is 5.91 Å². The Hall–Kier alpha value is -1.88. The molecule has 1 aliphatic heterocycles. The Morgan fingerprint density at radius 1 is 1.23 bits per heavy atom. The van der Waals surface area contributed by atoms with Crippen molar-refractivity contribution < 1.29 is 9.59 Å². The van der Waals surface area contributed by atoms with E-state index in [0.717, 1.165) is 18.4 Å². The van der Waals surface area contributed by atoms with Crippen molar-refractivity contribution in [3.63, 3.8) is 0 Å². The summed E-state index contributed by atoms with van der Waals surface area (Å²) in [5.74, 6) is 0.173. The molecule has 0 aromatic heterocycles. The predicted octanol–water partition coefficient (Wildman–Crippen LogP) is 1.52. The second kappa shape index (κ2) is 7.40. The molecule has 0 spiro atoms. The molecule has 1 aliphatic rings. The first-order valence-electron chi connectivity index (χ1n) is 7.90. The van der Waals surface area contributed by atoms with Gasteiger partial charge in [-0.1, -0.05) is 26.0 Å². The molecule has 2 rings (SSSR count). The maximum Gasteiger partial charge on any atom is 0.251 e. The van der Waals surface area contributed by atoms with Crippen LogP contribution in [-0.4, -0.2) is 35.8 Å². The molecule has 1 aromatic carbocycles. The number of hydrogen-bond acceptors (Lipinski definition) is 3. The van der Waals surface area contributed by atoms with E-state index in [1.165, 1.54) is 0 Å². The Morgan fingerprint density at radius 2 is 1.82 bits per heavy atom. The molecule has 5 heteroatoms. The molecule has 1 fully saturated rings. The maximum atomic E-state index is 12.2. The molecule has 1 saturated heterocycles. The number of benzene rings is 1. The van der Waals surface area contributed by atoms with Gasteiger partial charge in [0.2, 0.25) is 5.91 Å². The zero-order valence-corrected chi connectivity index (χ0v) is 13.3. The molecule has 0 aliphatic carbocycles. The highest BCUT2D eigenvalue weighted by molar-refractivity contribution is 5.94. The maximum absolute atomic E-state index is 12.2. The van der Waals surface area contributed by atoms with Crippen LogP contribution < -0.4 is 11.1 Å². The minimum atomic E-state index is -0.0581. The Bertz CT molecular complexity index is 517. The average molecular weight is 303 g/mol. The summed E-state index contributed by atoms with van der Waals surface area (Å²) in [4.78, 5) is 26.0. The van der Waals surface area contributed by atoms with Crippen LogP contribution in [0.2, 0.25) is 0 Å². The average Bonchev–Trinajstić information content (AvgIpc) is 2.54. The summed E-state index contributed by atoms with van der Waals surface area (Å²) in [7, 11) is 0. The predicted molar refractivity (Wildman–Crippen MR) is 86.2 cm³/mol. The fourth-order valence-corrected chi connectivity index (χ4v) is 2.67. The molecule has 0 saturated carbocycles. The number of amides is 2. The van der Waals surface area contributed by atoms with Crippen molar-refractivity contribution in [1.82, 2.24) is 10.2 Å². The number of piperidine rings is 1. The van der Waals surface area contributed by atoms with E-state index in [4.69, 9.17) is 5.73 Å². The summed E-state index contributed by atoms with van der Waals surface area (Å²) < 4.78 is 0. The molecular formula is C17H25N3O2. The first-order valence-corrected chi connectivity index (χ1v) is 7.90. The normalized spacial score (nSPS) is 15.9. The van der Waals surface area contributed by atoms with E-state index in [1.54, 1.807) is 12.1 Å². The van der Waals surface area contributed by atoms with E-state index in [1.807, 2.05) is 30.9 Å². The SMILES string of the molecule is CC(C)C(=O)N1CCC(NC(=O)c2ccc(CN)cc2)CC1. The van der Waals surface area contributed by atoms with Crippen molar-refractivity contribution in [3.8, 4) is 0 Å². The van der Waals surface area contributed by atoms with Crippen LogP contribution in [0.15, 0.2) is 24.3 Å². The molecule has 1 heterocycles. The number of carbonyl (C=O) groups excluding carboxylic acids is 2. The van der Waals surface area contributed by atoms with Gasteiger partial charge in [-0.3, -0.25) is 9.59 Å². The molecule has 0 bridgehead atoms. The number of carbonyl (C=O) groups is 2. The van der Waals surface area contributed by atoms with Gasteiger partial charge in [0.05, 0.1) is 0 Å². The van der Waals surface area contributed by atoms with E-state index >= 15 is 0 Å². The Balaban J connectivity index is 1.84. The van der Waals surface area contributed by atoms with Gasteiger partial charge < -0.3 is 16.0 Å². The smallest absolute Gasteiger partial charge is 0.251 e. The lowest BCUT2D eigenvalue weighted by molar-refractivity contribution is -0.135. The van der Waals surface area contributed by atoms with Crippen molar-refractivity contribution in [2.45, 2.75) is 39.3 Å². The Labute approximate surface area is 131 Å². The third-order valence-corrected chi connectivity index (χ3v) is 4.09. The molecular weight excluding hydrogens is 278 g/mol. The van der Waals surface area contributed by atoms with Crippen molar-refractivity contribution in [2.75, 3.05) is 13.1 Å². The zero-order chi connectivity index (χ0) is 16.1. The standard InChI is InChI=1S/C17H25N3O2/c1-12(2)17(22)20-9-7-15(8-10-20)19-16(21)14-5-3-13(11-18)4-6-14/h3-6,12,15H,7-11,18H2,1-2H3,(H,19,21). The number of rotatable bonds is 4. The molecule has 3 N–H and O–H groups in total. The second-order valence-corrected chi connectivity index (χ2v) is 6.13. The van der Waals surface area contributed by atoms with Crippen LogP contribution in [0.5, 0.6) is 0 Å². The van der Waals surface area contributed by atoms with Crippen LogP contribution in [-0.2, 0) is 11.3 Å². The van der Waals surface area contributed by atoms with Gasteiger partial charge in [-0.05, 0) is 30.5 Å². The number of nitrogens with two attached hydrogens (primary N) is 1. The summed E-state index contributed by atoms with van der Waals surface area (Å²) in [6, 6.07) is 7.49. The molecule has 2 amide bonds. The van der Waals surface area contributed by atoms with Gasteiger partial charge in [0, 0.05) is 37.2 Å². The minimum Gasteiger partial charge on any atom is -0.349 e. The molecule has 5 nitrogen and oxygen atoms in total. The first-order chi connectivity index (χ1) is 10.5. The zero-order valence-electron chi connectivity index (χ0n) is 13.3. The summed E-state index contributed by atoms with van der Waals surface area (Å²) in [6.45, 7) is 5.74. The fraction of sp³-hybridized carbons (Fsp3) is 0.529. The quantitative estimate of drug-likeness (QED) is 0.885. The largest absolute Gasteiger partial charge is 0.349 e. The monoisotopic (exact) mass is 303 g/mol. The van der Waals surface area contributed by atoms with E-state index in [0.29, 0.717) is 25.2 Å². The minimum absolute atomic E-state index is 0.0344. The van der Waals surface area contributed by atoms with Crippen LogP contribution in [0.4, 0.5) is 0 Å². The van der Waals surface area contributed by atoms with E-state index in [2.05, 4.69) is 5.32 Å². The fourth-order valence-electron chi connectivity index (χ4n) is 2.67. The van der Waals surface area contributed by atoms with Crippen LogP contribution in [0.3, 0.4) is 0 Å². The van der Waals surface area contributed by atoms with Crippen LogP contribution in [0.1, 0.15) is 42.6 Å². The molecule has 0 unspecified atom stereocenters. The summed E-state index contributed by atoms with van der Waals surface area (Å²) >= 11 is 0. The van der Waals surface area contributed by atoms with Gasteiger partial charge in [-0.25, -0.2) is 0 Å². The van der Waals surface area contributed by atoms with Crippen molar-refractivity contribution >= 4 is 11.8 Å².